The second-order valence-electron chi connectivity index (χ2n) is 10.9. The summed E-state index contributed by atoms with van der Waals surface area (Å²) in [5, 5.41) is 0. The van der Waals surface area contributed by atoms with Crippen molar-refractivity contribution in [2.24, 2.45) is 0 Å². The summed E-state index contributed by atoms with van der Waals surface area (Å²) in [6.07, 6.45) is 9.41. The van der Waals surface area contributed by atoms with E-state index < -0.39 is 11.9 Å². The molecule has 0 saturated heterocycles. The maximum Gasteiger partial charge on any atom is 0.331 e. The molecule has 0 aliphatic rings. The lowest BCUT2D eigenvalue weighted by Crippen LogP contribution is -2.06. The van der Waals surface area contributed by atoms with Crippen LogP contribution < -0.4 is 9.47 Å². The molecule has 0 N–H and O–H groups in total. The number of rotatable bonds is 20. The Labute approximate surface area is 273 Å². The van der Waals surface area contributed by atoms with Gasteiger partial charge in [0.05, 0.1) is 26.4 Å². The Kier molecular flexibility index (Phi) is 15.0. The van der Waals surface area contributed by atoms with Crippen molar-refractivity contribution < 1.29 is 28.5 Å². The minimum absolute atomic E-state index is 0.317. The predicted molar refractivity (Wildman–Crippen MR) is 183 cm³/mol. The number of carbonyl (C=O) groups excluding carboxylic acids is 2. The first kappa shape index (κ1) is 34.0. The van der Waals surface area contributed by atoms with Gasteiger partial charge in [-0.15, -0.1) is 0 Å². The normalized spacial score (nSPS) is 10.9. The van der Waals surface area contributed by atoms with Gasteiger partial charge in [-0.25, -0.2) is 9.59 Å². The van der Waals surface area contributed by atoms with E-state index >= 15 is 0 Å². The molecule has 240 valence electrons. The van der Waals surface area contributed by atoms with Crippen LogP contribution >= 0.6 is 0 Å². The smallest absolute Gasteiger partial charge is 0.331 e. The van der Waals surface area contributed by atoms with Gasteiger partial charge >= 0.3 is 11.9 Å². The summed E-state index contributed by atoms with van der Waals surface area (Å²) < 4.78 is 22.5. The molecule has 46 heavy (non-hydrogen) atoms. The topological polar surface area (TPSA) is 71.1 Å². The van der Waals surface area contributed by atoms with Gasteiger partial charge in [0.25, 0.3) is 0 Å². The molecule has 0 aromatic heterocycles. The largest absolute Gasteiger partial charge is 0.493 e. The minimum atomic E-state index is -0.536. The molecule has 0 saturated carbocycles. The number of para-hydroxylation sites is 2. The van der Waals surface area contributed by atoms with Crippen molar-refractivity contribution in [2.45, 2.75) is 51.4 Å². The van der Waals surface area contributed by atoms with E-state index in [4.69, 9.17) is 18.9 Å². The number of hydrogen-bond donors (Lipinski definition) is 0. The van der Waals surface area contributed by atoms with Gasteiger partial charge in [0.2, 0.25) is 0 Å². The average Bonchev–Trinajstić information content (AvgIpc) is 3.10. The molecule has 6 heteroatoms. The van der Waals surface area contributed by atoms with Gasteiger partial charge in [-0.05, 0) is 74.6 Å². The Morgan fingerprint density at radius 3 is 1.17 bits per heavy atom. The number of carbonyl (C=O) groups is 2. The van der Waals surface area contributed by atoms with E-state index in [0.29, 0.717) is 26.4 Å². The van der Waals surface area contributed by atoms with Gasteiger partial charge in [0.1, 0.15) is 11.5 Å². The summed E-state index contributed by atoms with van der Waals surface area (Å²) in [7, 11) is 0. The van der Waals surface area contributed by atoms with E-state index in [1.807, 2.05) is 72.8 Å². The van der Waals surface area contributed by atoms with E-state index in [-0.39, 0.29) is 0 Å². The molecule has 4 aromatic rings. The predicted octanol–water partition coefficient (Wildman–Crippen LogP) is 9.24. The molecule has 0 amide bonds. The third-order valence-corrected chi connectivity index (χ3v) is 7.38. The lowest BCUT2D eigenvalue weighted by molar-refractivity contribution is -0.140. The number of esters is 2. The third kappa shape index (κ3) is 12.3. The maximum absolute atomic E-state index is 11.9. The minimum Gasteiger partial charge on any atom is -0.493 e. The third-order valence-electron chi connectivity index (χ3n) is 7.38. The second kappa shape index (κ2) is 20.2. The van der Waals surface area contributed by atoms with Crippen molar-refractivity contribution in [3.05, 3.63) is 121 Å². The van der Waals surface area contributed by atoms with Crippen molar-refractivity contribution in [1.29, 1.82) is 0 Å². The van der Waals surface area contributed by atoms with Gasteiger partial charge < -0.3 is 18.9 Å². The summed E-state index contributed by atoms with van der Waals surface area (Å²) >= 11 is 0. The zero-order valence-corrected chi connectivity index (χ0v) is 26.5. The van der Waals surface area contributed by atoms with Gasteiger partial charge in [0, 0.05) is 23.3 Å². The fraction of sp³-hybridized carbons (Fsp3) is 0.300. The van der Waals surface area contributed by atoms with Crippen LogP contribution in [0.5, 0.6) is 11.5 Å². The van der Waals surface area contributed by atoms with Crippen molar-refractivity contribution in [3.63, 3.8) is 0 Å². The Morgan fingerprint density at radius 1 is 0.413 bits per heavy atom. The lowest BCUT2D eigenvalue weighted by Gasteiger charge is -2.11. The molecule has 4 aromatic carbocycles. The summed E-state index contributed by atoms with van der Waals surface area (Å²) in [5.74, 6) is 0.698. The zero-order valence-electron chi connectivity index (χ0n) is 26.5. The molecule has 0 fully saturated rings. The van der Waals surface area contributed by atoms with Crippen LogP contribution in [0.2, 0.25) is 0 Å². The molecule has 0 unspecified atom stereocenters. The van der Waals surface area contributed by atoms with Crippen LogP contribution in [0.4, 0.5) is 0 Å². The van der Waals surface area contributed by atoms with Gasteiger partial charge in [-0.2, -0.15) is 0 Å². The first-order chi connectivity index (χ1) is 22.7. The molecule has 0 heterocycles. The number of benzene rings is 4. The fourth-order valence-electron chi connectivity index (χ4n) is 4.95. The Balaban J connectivity index is 0.970. The second-order valence-corrected chi connectivity index (χ2v) is 10.9. The average molecular weight is 621 g/mol. The van der Waals surface area contributed by atoms with Gasteiger partial charge in [0.15, 0.2) is 0 Å². The first-order valence-corrected chi connectivity index (χ1v) is 16.3. The van der Waals surface area contributed by atoms with Crippen molar-refractivity contribution in [2.75, 3.05) is 26.4 Å². The molecule has 0 aliphatic heterocycles. The fourth-order valence-corrected chi connectivity index (χ4v) is 4.95. The standard InChI is InChI=1S/C40H44O6/c41-39(45-31-17-3-1-15-29-43-37-25-13-11-23-35(37)33-19-7-5-8-20-33)27-28-40(42)46-32-18-4-2-16-30-44-38-26-14-12-24-36(38)34-21-9-6-10-22-34/h5-14,19-28H,1-4,15-18,29-32H2/b28-27-. The van der Waals surface area contributed by atoms with Crippen molar-refractivity contribution >= 4 is 11.9 Å². The Hall–Kier alpha value is -4.84. The molecule has 0 bridgehead atoms. The highest BCUT2D eigenvalue weighted by atomic mass is 16.5. The van der Waals surface area contributed by atoms with Gasteiger partial charge in [-0.1, -0.05) is 97.1 Å². The van der Waals surface area contributed by atoms with Crippen LogP contribution in [0.3, 0.4) is 0 Å². The van der Waals surface area contributed by atoms with Crippen LogP contribution in [0.1, 0.15) is 51.4 Å². The van der Waals surface area contributed by atoms with E-state index in [1.54, 1.807) is 0 Å². The molecule has 0 atom stereocenters. The molecule has 0 radical (unpaired) electrons. The molecule has 0 aliphatic carbocycles. The van der Waals surface area contributed by atoms with Crippen molar-refractivity contribution in [1.82, 2.24) is 0 Å². The van der Waals surface area contributed by atoms with E-state index in [0.717, 1.165) is 97.3 Å². The molecule has 0 spiro atoms. The van der Waals surface area contributed by atoms with E-state index in [9.17, 15) is 9.59 Å². The summed E-state index contributed by atoms with van der Waals surface area (Å²) in [6.45, 7) is 1.90. The summed E-state index contributed by atoms with van der Waals surface area (Å²) in [6, 6.07) is 36.6. The summed E-state index contributed by atoms with van der Waals surface area (Å²) in [5.41, 5.74) is 4.45. The highest BCUT2D eigenvalue weighted by Gasteiger charge is 2.07. The van der Waals surface area contributed by atoms with E-state index in [1.165, 1.54) is 0 Å². The van der Waals surface area contributed by atoms with Crippen LogP contribution in [0, 0.1) is 0 Å². The van der Waals surface area contributed by atoms with Crippen LogP contribution in [-0.2, 0) is 19.1 Å². The van der Waals surface area contributed by atoms with Crippen LogP contribution in [0.25, 0.3) is 22.3 Å². The number of unbranched alkanes of at least 4 members (excludes halogenated alkanes) is 6. The van der Waals surface area contributed by atoms with Crippen molar-refractivity contribution in [3.8, 4) is 33.8 Å². The van der Waals surface area contributed by atoms with Gasteiger partial charge in [-0.3, -0.25) is 0 Å². The zero-order chi connectivity index (χ0) is 32.1. The lowest BCUT2D eigenvalue weighted by atomic mass is 10.1. The first-order valence-electron chi connectivity index (χ1n) is 16.3. The maximum atomic E-state index is 11.9. The SMILES string of the molecule is O=C(/C=C\C(=O)OCCCCCCOc1ccccc1-c1ccccc1)OCCCCCCOc1ccccc1-c1ccccc1. The van der Waals surface area contributed by atoms with Crippen LogP contribution in [0.15, 0.2) is 121 Å². The molecule has 4 rings (SSSR count). The molecule has 6 nitrogen and oxygen atoms in total. The van der Waals surface area contributed by atoms with Crippen LogP contribution in [-0.4, -0.2) is 38.4 Å². The molecular weight excluding hydrogens is 576 g/mol. The van der Waals surface area contributed by atoms with E-state index in [2.05, 4.69) is 36.4 Å². The molecular formula is C40H44O6. The highest BCUT2D eigenvalue weighted by molar-refractivity contribution is 5.91. The summed E-state index contributed by atoms with van der Waals surface area (Å²) in [4.78, 5) is 23.8. The highest BCUT2D eigenvalue weighted by Crippen LogP contribution is 2.30. The monoisotopic (exact) mass is 620 g/mol. The Bertz CT molecular complexity index is 1370. The quantitative estimate of drug-likeness (QED) is 0.0557. The number of ether oxygens (including phenoxy) is 4. The Morgan fingerprint density at radius 2 is 0.761 bits per heavy atom. The number of hydrogen-bond acceptors (Lipinski definition) is 6.